The van der Waals surface area contributed by atoms with Crippen molar-refractivity contribution in [3.63, 3.8) is 0 Å². The van der Waals surface area contributed by atoms with E-state index in [4.69, 9.17) is 23.2 Å². The van der Waals surface area contributed by atoms with E-state index in [2.05, 4.69) is 6.58 Å². The van der Waals surface area contributed by atoms with Crippen LogP contribution in [0.1, 0.15) is 11.2 Å². The van der Waals surface area contributed by atoms with Crippen molar-refractivity contribution in [3.8, 4) is 0 Å². The number of hydrogen-bond donors (Lipinski definition) is 2. The molecule has 0 radical (unpaired) electrons. The van der Waals surface area contributed by atoms with Gasteiger partial charge in [0.25, 0.3) is 5.91 Å². The number of fused-ring (bicyclic) bond motifs is 1. The Hall–Kier alpha value is -1.66. The zero-order valence-corrected chi connectivity index (χ0v) is 17.0. The topological polar surface area (TPSA) is 77.8 Å². The second-order valence-electron chi connectivity index (χ2n) is 5.69. The first-order chi connectivity index (χ1) is 12.7. The van der Waals surface area contributed by atoms with E-state index in [-0.39, 0.29) is 5.56 Å². The molecule has 0 saturated heterocycles. The molecule has 0 spiro atoms. The molecule has 1 atom stereocenters. The molecule has 1 amide bonds. The van der Waals surface area contributed by atoms with Crippen LogP contribution in [0.15, 0.2) is 60.6 Å². The molecule has 5 nitrogen and oxygen atoms in total. The van der Waals surface area contributed by atoms with Crippen LogP contribution < -0.4 is 4.90 Å². The minimum absolute atomic E-state index is 0.227. The first kappa shape index (κ1) is 20.1. The number of nitrogens with zero attached hydrogens (tertiary/aromatic N) is 1. The molecule has 2 aromatic carbocycles. The molecule has 0 aliphatic heterocycles. The number of halogens is 2. The van der Waals surface area contributed by atoms with Crippen LogP contribution in [0, 0.1) is 0 Å². The third kappa shape index (κ3) is 4.11. The Labute approximate surface area is 169 Å². The van der Waals surface area contributed by atoms with E-state index in [1.807, 2.05) is 0 Å². The highest BCUT2D eigenvalue weighted by atomic mass is 35.5. The summed E-state index contributed by atoms with van der Waals surface area (Å²) in [5.41, 5.74) is -1.11. The van der Waals surface area contributed by atoms with Gasteiger partial charge >= 0.3 is 7.60 Å². The third-order valence-corrected chi connectivity index (χ3v) is 6.56. The summed E-state index contributed by atoms with van der Waals surface area (Å²) in [5.74, 6) is -0.805. The van der Waals surface area contributed by atoms with E-state index in [1.54, 1.807) is 41.8 Å². The summed E-state index contributed by atoms with van der Waals surface area (Å²) in [6.45, 7) is 3.60. The van der Waals surface area contributed by atoms with Gasteiger partial charge in [0.05, 0.1) is 0 Å². The van der Waals surface area contributed by atoms with Gasteiger partial charge in [-0.05, 0) is 52.7 Å². The van der Waals surface area contributed by atoms with Gasteiger partial charge < -0.3 is 9.79 Å². The van der Waals surface area contributed by atoms with E-state index < -0.39 is 19.2 Å². The van der Waals surface area contributed by atoms with E-state index in [9.17, 15) is 19.1 Å². The van der Waals surface area contributed by atoms with Gasteiger partial charge in [0.15, 0.2) is 5.66 Å². The molecule has 2 N–H and O–H groups in total. The largest absolute Gasteiger partial charge is 0.342 e. The summed E-state index contributed by atoms with van der Waals surface area (Å²) >= 11 is 13.3. The van der Waals surface area contributed by atoms with Crippen molar-refractivity contribution in [2.75, 3.05) is 4.90 Å². The molecule has 140 valence electrons. The SMILES string of the molecule is C=CN(C(=O)C(c1csc2ccc(Cl)cc12)P(=O)(O)O)c1cccc(Cl)c1. The average molecular weight is 442 g/mol. The lowest BCUT2D eigenvalue weighted by Crippen LogP contribution is -2.30. The van der Waals surface area contributed by atoms with Crippen LogP contribution in [0.4, 0.5) is 5.69 Å². The fourth-order valence-corrected chi connectivity index (χ4v) is 5.18. The quantitative estimate of drug-likeness (QED) is 0.504. The monoisotopic (exact) mass is 441 g/mol. The second-order valence-corrected chi connectivity index (χ2v) is 9.17. The van der Waals surface area contributed by atoms with Crippen LogP contribution >= 0.6 is 42.1 Å². The Morgan fingerprint density at radius 1 is 1.19 bits per heavy atom. The van der Waals surface area contributed by atoms with Crippen LogP contribution in [-0.4, -0.2) is 15.7 Å². The molecule has 1 heterocycles. The van der Waals surface area contributed by atoms with Crippen LogP contribution in [0.2, 0.25) is 10.0 Å². The van der Waals surface area contributed by atoms with Gasteiger partial charge in [-0.1, -0.05) is 35.8 Å². The third-order valence-electron chi connectivity index (χ3n) is 3.94. The zero-order chi connectivity index (χ0) is 19.8. The fourth-order valence-electron chi connectivity index (χ4n) is 2.77. The molecule has 1 unspecified atom stereocenters. The normalized spacial score (nSPS) is 12.7. The summed E-state index contributed by atoms with van der Waals surface area (Å²) in [5, 5.41) is 2.90. The van der Waals surface area contributed by atoms with Crippen molar-refractivity contribution in [1.29, 1.82) is 0 Å². The number of hydrogen-bond acceptors (Lipinski definition) is 3. The lowest BCUT2D eigenvalue weighted by atomic mass is 10.1. The number of amides is 1. The highest BCUT2D eigenvalue weighted by Crippen LogP contribution is 2.55. The van der Waals surface area contributed by atoms with Crippen molar-refractivity contribution in [3.05, 3.63) is 76.2 Å². The minimum atomic E-state index is -4.85. The summed E-state index contributed by atoms with van der Waals surface area (Å²) < 4.78 is 13.0. The molecular formula is C18H14Cl2NO4PS. The highest BCUT2D eigenvalue weighted by Gasteiger charge is 2.41. The van der Waals surface area contributed by atoms with E-state index in [0.29, 0.717) is 21.1 Å². The van der Waals surface area contributed by atoms with Crippen molar-refractivity contribution >= 4 is 63.8 Å². The molecule has 0 saturated carbocycles. The van der Waals surface area contributed by atoms with Crippen molar-refractivity contribution < 1.29 is 19.1 Å². The summed E-state index contributed by atoms with van der Waals surface area (Å²) in [6.07, 6.45) is 1.21. The van der Waals surface area contributed by atoms with Crippen LogP contribution in [0.3, 0.4) is 0 Å². The smallest absolute Gasteiger partial charge is 0.324 e. The summed E-state index contributed by atoms with van der Waals surface area (Å²) in [7, 11) is -4.85. The number of anilines is 1. The predicted molar refractivity (Wildman–Crippen MR) is 111 cm³/mol. The maximum absolute atomic E-state index is 13.2. The molecule has 0 bridgehead atoms. The van der Waals surface area contributed by atoms with Crippen molar-refractivity contribution in [2.45, 2.75) is 5.66 Å². The highest BCUT2D eigenvalue weighted by molar-refractivity contribution is 7.53. The van der Waals surface area contributed by atoms with Gasteiger partial charge in [-0.3, -0.25) is 14.3 Å². The average Bonchev–Trinajstić information content (AvgIpc) is 2.97. The fraction of sp³-hybridized carbons (Fsp3) is 0.0556. The molecule has 0 fully saturated rings. The lowest BCUT2D eigenvalue weighted by Gasteiger charge is -2.25. The van der Waals surface area contributed by atoms with E-state index in [1.165, 1.54) is 23.6 Å². The predicted octanol–water partition coefficient (Wildman–Crippen LogP) is 5.60. The minimum Gasteiger partial charge on any atom is -0.324 e. The lowest BCUT2D eigenvalue weighted by molar-refractivity contribution is -0.118. The molecule has 9 heteroatoms. The number of thiophene rings is 1. The Balaban J connectivity index is 2.14. The maximum Gasteiger partial charge on any atom is 0.342 e. The molecule has 0 aliphatic carbocycles. The van der Waals surface area contributed by atoms with Crippen LogP contribution in [-0.2, 0) is 9.36 Å². The number of carbonyl (C=O) groups excluding carboxylic acids is 1. The van der Waals surface area contributed by atoms with E-state index >= 15 is 0 Å². The first-order valence-electron chi connectivity index (χ1n) is 7.65. The maximum atomic E-state index is 13.2. The zero-order valence-electron chi connectivity index (χ0n) is 13.8. The van der Waals surface area contributed by atoms with Gasteiger partial charge in [0.2, 0.25) is 0 Å². The van der Waals surface area contributed by atoms with Gasteiger partial charge in [-0.2, -0.15) is 0 Å². The van der Waals surface area contributed by atoms with Crippen molar-refractivity contribution in [1.82, 2.24) is 0 Å². The Morgan fingerprint density at radius 2 is 1.89 bits per heavy atom. The molecule has 3 aromatic rings. The van der Waals surface area contributed by atoms with E-state index in [0.717, 1.165) is 9.60 Å². The van der Waals surface area contributed by atoms with Gasteiger partial charge in [0.1, 0.15) is 0 Å². The number of carbonyl (C=O) groups is 1. The molecule has 3 rings (SSSR count). The van der Waals surface area contributed by atoms with Gasteiger partial charge in [-0.15, -0.1) is 11.3 Å². The molecular weight excluding hydrogens is 428 g/mol. The molecule has 1 aromatic heterocycles. The first-order valence-corrected chi connectivity index (χ1v) is 11.0. The van der Waals surface area contributed by atoms with Crippen LogP contribution in [0.5, 0.6) is 0 Å². The van der Waals surface area contributed by atoms with Gasteiger partial charge in [0, 0.05) is 26.6 Å². The Kier molecular flexibility index (Phi) is 5.77. The standard InChI is InChI=1S/C18H14Cl2NO4PS/c1-2-21(13-5-3-4-11(19)8-13)18(22)17(26(23,24)25)15-10-27-16-7-6-12(20)9-14(15)16/h2-10,17H,1H2,(H2,23,24,25). The number of benzene rings is 2. The molecule has 27 heavy (non-hydrogen) atoms. The second kappa shape index (κ2) is 7.76. The summed E-state index contributed by atoms with van der Waals surface area (Å²) in [6, 6.07) is 11.4. The van der Waals surface area contributed by atoms with Crippen LogP contribution in [0.25, 0.3) is 10.1 Å². The summed E-state index contributed by atoms with van der Waals surface area (Å²) in [4.78, 5) is 34.2. The molecule has 0 aliphatic rings. The number of rotatable bonds is 5. The van der Waals surface area contributed by atoms with Crippen molar-refractivity contribution in [2.24, 2.45) is 0 Å². The Bertz CT molecular complexity index is 1080. The van der Waals surface area contributed by atoms with Gasteiger partial charge in [-0.25, -0.2) is 0 Å². The Morgan fingerprint density at radius 3 is 2.52 bits per heavy atom.